The molecule has 5 nitrogen and oxygen atoms in total. The zero-order valence-corrected chi connectivity index (χ0v) is 12.0. The van der Waals surface area contributed by atoms with Crippen LogP contribution in [0.1, 0.15) is 17.4 Å². The van der Waals surface area contributed by atoms with Crippen molar-refractivity contribution in [2.45, 2.75) is 13.0 Å². The summed E-state index contributed by atoms with van der Waals surface area (Å²) in [7, 11) is 3.25. The smallest absolute Gasteiger partial charge is 0.356 e. The number of carbonyl (C=O) groups excluding carboxylic acids is 1. The van der Waals surface area contributed by atoms with Gasteiger partial charge in [0.05, 0.1) is 12.8 Å². The molecule has 1 heterocycles. The molecular weight excluding hydrogens is 250 g/mol. The molecule has 18 heavy (non-hydrogen) atoms. The summed E-state index contributed by atoms with van der Waals surface area (Å²) in [5, 5.41) is 0. The molecule has 1 atom stereocenters. The van der Waals surface area contributed by atoms with Crippen molar-refractivity contribution in [1.82, 2.24) is 4.98 Å². The van der Waals surface area contributed by atoms with Crippen LogP contribution in [0.25, 0.3) is 0 Å². The molecule has 0 aliphatic rings. The number of methoxy groups -OCH3 is 1. The largest absolute Gasteiger partial charge is 0.464 e. The average Bonchev–Trinajstić information content (AvgIpc) is 2.37. The highest BCUT2D eigenvalue weighted by Crippen LogP contribution is 2.22. The minimum absolute atomic E-state index is 0.268. The van der Waals surface area contributed by atoms with Crippen LogP contribution in [0.3, 0.4) is 0 Å². The molecule has 6 heteroatoms. The van der Waals surface area contributed by atoms with Crippen molar-refractivity contribution in [3.05, 3.63) is 17.8 Å². The normalized spacial score (nSPS) is 12.0. The molecule has 0 bridgehead atoms. The molecule has 0 spiro atoms. The summed E-state index contributed by atoms with van der Waals surface area (Å²) in [6.07, 6.45) is 2.05. The van der Waals surface area contributed by atoms with E-state index < -0.39 is 5.97 Å². The van der Waals surface area contributed by atoms with Crippen LogP contribution in [-0.2, 0) is 4.74 Å². The predicted octanol–water partition coefficient (Wildman–Crippen LogP) is 1.64. The molecule has 1 aromatic heterocycles. The fourth-order valence-corrected chi connectivity index (χ4v) is 2.23. The van der Waals surface area contributed by atoms with E-state index in [2.05, 4.69) is 16.6 Å². The third kappa shape index (κ3) is 3.29. The van der Waals surface area contributed by atoms with E-state index in [4.69, 9.17) is 5.73 Å². The molecule has 0 aromatic carbocycles. The topological polar surface area (TPSA) is 68.5 Å². The van der Waals surface area contributed by atoms with Crippen molar-refractivity contribution < 1.29 is 9.53 Å². The van der Waals surface area contributed by atoms with Crippen LogP contribution in [0.5, 0.6) is 0 Å². The number of aromatic nitrogens is 1. The van der Waals surface area contributed by atoms with Gasteiger partial charge in [0.1, 0.15) is 0 Å². The van der Waals surface area contributed by atoms with Crippen molar-refractivity contribution in [2.24, 2.45) is 0 Å². The second-order valence-electron chi connectivity index (χ2n) is 4.02. The summed E-state index contributed by atoms with van der Waals surface area (Å²) < 4.78 is 4.65. The highest BCUT2D eigenvalue weighted by molar-refractivity contribution is 7.98. The number of ether oxygens (including phenoxy) is 1. The fraction of sp³-hybridized carbons (Fsp3) is 0.500. The van der Waals surface area contributed by atoms with Crippen molar-refractivity contribution >= 4 is 29.2 Å². The number of thioether (sulfide) groups is 1. The van der Waals surface area contributed by atoms with Gasteiger partial charge in [0, 0.05) is 18.8 Å². The molecule has 0 saturated carbocycles. The highest BCUT2D eigenvalue weighted by atomic mass is 32.2. The Bertz CT molecular complexity index is 426. The van der Waals surface area contributed by atoms with Gasteiger partial charge in [-0.3, -0.25) is 0 Å². The van der Waals surface area contributed by atoms with Crippen molar-refractivity contribution in [2.75, 3.05) is 36.8 Å². The summed E-state index contributed by atoms with van der Waals surface area (Å²) >= 11 is 1.75. The summed E-state index contributed by atoms with van der Waals surface area (Å²) in [5.74, 6) is 1.11. The van der Waals surface area contributed by atoms with Crippen molar-refractivity contribution in [3.8, 4) is 0 Å². The van der Waals surface area contributed by atoms with E-state index in [1.807, 2.05) is 18.2 Å². The second-order valence-corrected chi connectivity index (χ2v) is 4.93. The maximum absolute atomic E-state index is 11.4. The highest BCUT2D eigenvalue weighted by Gasteiger charge is 2.16. The third-order valence-corrected chi connectivity index (χ3v) is 3.52. The summed E-state index contributed by atoms with van der Waals surface area (Å²) in [6, 6.07) is 3.52. The first-order valence-corrected chi connectivity index (χ1v) is 6.97. The number of nitrogens with two attached hydrogens (primary N) is 1. The molecule has 0 saturated heterocycles. The van der Waals surface area contributed by atoms with Gasteiger partial charge < -0.3 is 15.4 Å². The maximum Gasteiger partial charge on any atom is 0.356 e. The molecule has 1 aromatic rings. The first-order chi connectivity index (χ1) is 8.51. The molecule has 0 aliphatic heterocycles. The number of esters is 1. The first kappa shape index (κ1) is 14.6. The van der Waals surface area contributed by atoms with Gasteiger partial charge in [-0.1, -0.05) is 0 Å². The summed E-state index contributed by atoms with van der Waals surface area (Å²) in [5.41, 5.74) is 6.73. The number of hydrogen-bond acceptors (Lipinski definition) is 6. The van der Waals surface area contributed by atoms with E-state index >= 15 is 0 Å². The Kier molecular flexibility index (Phi) is 5.27. The van der Waals surface area contributed by atoms with E-state index in [0.717, 1.165) is 5.75 Å². The van der Waals surface area contributed by atoms with Crippen LogP contribution >= 0.6 is 11.8 Å². The molecule has 0 radical (unpaired) electrons. The number of nitrogens with zero attached hydrogens (tertiary/aromatic N) is 2. The summed E-state index contributed by atoms with van der Waals surface area (Å²) in [4.78, 5) is 17.7. The minimum Gasteiger partial charge on any atom is -0.464 e. The quantitative estimate of drug-likeness (QED) is 0.820. The van der Waals surface area contributed by atoms with Gasteiger partial charge in [0.25, 0.3) is 0 Å². The number of pyridine rings is 1. The number of anilines is 2. The van der Waals surface area contributed by atoms with Gasteiger partial charge in [-0.25, -0.2) is 9.78 Å². The van der Waals surface area contributed by atoms with Crippen LogP contribution in [-0.4, -0.2) is 43.2 Å². The van der Waals surface area contributed by atoms with Crippen LogP contribution in [0.4, 0.5) is 11.5 Å². The number of nitrogen functional groups attached to an aromatic ring is 1. The Labute approximate surface area is 112 Å². The molecule has 1 rings (SSSR count). The Balaban J connectivity index is 3.03. The number of hydrogen-bond donors (Lipinski definition) is 1. The van der Waals surface area contributed by atoms with E-state index in [1.165, 1.54) is 7.11 Å². The van der Waals surface area contributed by atoms with Gasteiger partial charge in [0.2, 0.25) is 0 Å². The van der Waals surface area contributed by atoms with Gasteiger partial charge in [-0.15, -0.1) is 0 Å². The molecule has 2 N–H and O–H groups in total. The lowest BCUT2D eigenvalue weighted by atomic mass is 10.2. The van der Waals surface area contributed by atoms with Gasteiger partial charge >= 0.3 is 5.97 Å². The lowest BCUT2D eigenvalue weighted by molar-refractivity contribution is 0.0594. The maximum atomic E-state index is 11.4. The molecule has 0 amide bonds. The molecule has 0 fully saturated rings. The van der Waals surface area contributed by atoms with Crippen molar-refractivity contribution in [3.63, 3.8) is 0 Å². The van der Waals surface area contributed by atoms with Gasteiger partial charge in [0.15, 0.2) is 11.5 Å². The van der Waals surface area contributed by atoms with Gasteiger partial charge in [-0.05, 0) is 25.3 Å². The molecule has 0 aliphatic carbocycles. The van der Waals surface area contributed by atoms with Crippen LogP contribution in [0.2, 0.25) is 0 Å². The van der Waals surface area contributed by atoms with E-state index in [1.54, 1.807) is 23.9 Å². The molecule has 100 valence electrons. The second kappa shape index (κ2) is 6.49. The predicted molar refractivity (Wildman–Crippen MR) is 76.2 cm³/mol. The third-order valence-electron chi connectivity index (χ3n) is 2.70. The van der Waals surface area contributed by atoms with Crippen molar-refractivity contribution in [1.29, 1.82) is 0 Å². The SMILES string of the molecule is COC(=O)c1ccc(N)c(N(C)C(C)CSC)n1. The van der Waals surface area contributed by atoms with Crippen LogP contribution in [0.15, 0.2) is 12.1 Å². The van der Waals surface area contributed by atoms with E-state index in [-0.39, 0.29) is 11.7 Å². The zero-order chi connectivity index (χ0) is 13.7. The molecule has 1 unspecified atom stereocenters. The number of rotatable bonds is 5. The number of carbonyl (C=O) groups is 1. The van der Waals surface area contributed by atoms with E-state index in [0.29, 0.717) is 11.5 Å². The molecular formula is C12H19N3O2S. The van der Waals surface area contributed by atoms with Gasteiger partial charge in [-0.2, -0.15) is 11.8 Å². The van der Waals surface area contributed by atoms with Crippen LogP contribution in [0, 0.1) is 0 Å². The minimum atomic E-state index is -0.456. The first-order valence-electron chi connectivity index (χ1n) is 5.57. The Morgan fingerprint density at radius 1 is 1.61 bits per heavy atom. The standard InChI is InChI=1S/C12H19N3O2S/c1-8(7-18-4)15(2)11-9(13)5-6-10(14-11)12(16)17-3/h5-6,8H,7,13H2,1-4H3. The zero-order valence-electron chi connectivity index (χ0n) is 11.1. The fourth-order valence-electron chi connectivity index (χ4n) is 1.52. The monoisotopic (exact) mass is 269 g/mol. The summed E-state index contributed by atoms with van der Waals surface area (Å²) in [6.45, 7) is 2.09. The Morgan fingerprint density at radius 3 is 2.83 bits per heavy atom. The average molecular weight is 269 g/mol. The lowest BCUT2D eigenvalue weighted by Crippen LogP contribution is -2.32. The van der Waals surface area contributed by atoms with E-state index in [9.17, 15) is 4.79 Å². The Hall–Kier alpha value is -1.43. The van der Waals surface area contributed by atoms with Crippen LogP contribution < -0.4 is 10.6 Å². The Morgan fingerprint density at radius 2 is 2.28 bits per heavy atom. The lowest BCUT2D eigenvalue weighted by Gasteiger charge is -2.26.